The maximum absolute atomic E-state index is 13.4. The molecular weight excluding hydrogens is 630 g/mol. The average molecular weight is 677 g/mol. The lowest BCUT2D eigenvalue weighted by atomic mass is 9.82. The summed E-state index contributed by atoms with van der Waals surface area (Å²) in [6.07, 6.45) is 7.85. The maximum Gasteiger partial charge on any atom is 0.346 e. The normalized spacial score (nSPS) is 17.7. The van der Waals surface area contributed by atoms with Gasteiger partial charge in [0.15, 0.2) is 22.6 Å². The molecule has 2 aliphatic rings. The molecule has 2 atom stereocenters. The van der Waals surface area contributed by atoms with Crippen LogP contribution in [0, 0.1) is 5.41 Å². The van der Waals surface area contributed by atoms with E-state index in [1.807, 2.05) is 57.2 Å². The Balaban J connectivity index is 1.33. The first kappa shape index (κ1) is 34.8. The molecule has 5 rings (SSSR count). The van der Waals surface area contributed by atoms with Crippen LogP contribution in [-0.4, -0.2) is 59.9 Å². The largest absolute Gasteiger partial charge is 0.492 e. The molecule has 48 heavy (non-hydrogen) atoms. The standard InChI is InChI=1S/C35H45N7O5S/c1-35(2,3)24-19-29(32(45-4)30(20-24)40-47-48(5)44)39-34(43)38-28-15-13-23(26-11-7-8-12-27(26)28)22-46-25-14-16-31(36)42(21-25)33(37)41-17-9-6-10-18-41/h7-8,11-12,14,16,19-21,23,36-37,40H,6,9-10,13,15,17-18,22H2,1-5H3,(H,39,43)/p+1. The summed E-state index contributed by atoms with van der Waals surface area (Å²) in [5.74, 6) is 1.90. The number of piperidine rings is 1. The van der Waals surface area contributed by atoms with Crippen molar-refractivity contribution in [3.63, 3.8) is 0 Å². The smallest absolute Gasteiger partial charge is 0.346 e. The predicted octanol–water partition coefficient (Wildman–Crippen LogP) is 5.75. The van der Waals surface area contributed by atoms with Gasteiger partial charge in [0.05, 0.1) is 38.2 Å². The SMILES string of the molecule is COc1c(NOS(C)=O)cc(C(C)(C)C)cc1NC(=O)N=C1CCC(COc2ccc(N)[n+](C(=N)N3CCCCC3)c2)c2ccccc21. The molecule has 1 aromatic heterocycles. The van der Waals surface area contributed by atoms with Gasteiger partial charge < -0.3 is 20.5 Å². The number of aliphatic imine (C=N–C) groups is 1. The highest BCUT2D eigenvalue weighted by Gasteiger charge is 2.27. The first-order chi connectivity index (χ1) is 22.9. The Bertz CT molecular complexity index is 1720. The van der Waals surface area contributed by atoms with Crippen molar-refractivity contribution >= 4 is 46.0 Å². The summed E-state index contributed by atoms with van der Waals surface area (Å²) >= 11 is -1.57. The second-order valence-corrected chi connectivity index (χ2v) is 14.1. The molecule has 2 heterocycles. The Morgan fingerprint density at radius 2 is 1.85 bits per heavy atom. The van der Waals surface area contributed by atoms with Gasteiger partial charge in [-0.25, -0.2) is 14.5 Å². The van der Waals surface area contributed by atoms with Crippen molar-refractivity contribution in [3.05, 3.63) is 71.4 Å². The number of amides is 2. The van der Waals surface area contributed by atoms with Crippen molar-refractivity contribution in [2.45, 2.75) is 64.2 Å². The fraction of sp³-hybridized carbons (Fsp3) is 0.429. The summed E-state index contributed by atoms with van der Waals surface area (Å²) in [6.45, 7) is 8.28. The lowest BCUT2D eigenvalue weighted by molar-refractivity contribution is -0.551. The molecule has 1 saturated heterocycles. The van der Waals surface area contributed by atoms with E-state index in [0.29, 0.717) is 53.4 Å². The molecule has 0 saturated carbocycles. The first-order valence-corrected chi connectivity index (χ1v) is 17.7. The summed E-state index contributed by atoms with van der Waals surface area (Å²) in [7, 11) is 1.49. The Kier molecular flexibility index (Phi) is 11.0. The van der Waals surface area contributed by atoms with Gasteiger partial charge in [-0.1, -0.05) is 45.0 Å². The van der Waals surface area contributed by atoms with Crippen molar-refractivity contribution in [3.8, 4) is 11.5 Å². The Hall–Kier alpha value is -4.49. The average Bonchev–Trinajstić information content (AvgIpc) is 3.07. The summed E-state index contributed by atoms with van der Waals surface area (Å²) in [5, 5.41) is 11.6. The number of urea groups is 1. The number of benzene rings is 2. The number of hydrogen-bond acceptors (Lipinski definition) is 8. The lowest BCUT2D eigenvalue weighted by Crippen LogP contribution is -2.55. The Morgan fingerprint density at radius 3 is 2.56 bits per heavy atom. The third-order valence-electron chi connectivity index (χ3n) is 8.64. The molecule has 1 fully saturated rings. The van der Waals surface area contributed by atoms with Gasteiger partial charge in [0.25, 0.3) is 0 Å². The number of methoxy groups -OCH3 is 1. The van der Waals surface area contributed by atoms with Crippen LogP contribution < -0.4 is 30.6 Å². The molecule has 2 aromatic carbocycles. The van der Waals surface area contributed by atoms with Gasteiger partial charge in [-0.05, 0) is 72.4 Å². The number of carbonyl (C=O) groups is 1. The van der Waals surface area contributed by atoms with Crippen molar-refractivity contribution in [1.82, 2.24) is 4.90 Å². The quantitative estimate of drug-likeness (QED) is 0.102. The lowest BCUT2D eigenvalue weighted by Gasteiger charge is -2.27. The monoisotopic (exact) mass is 676 g/mol. The van der Waals surface area contributed by atoms with E-state index in [9.17, 15) is 9.00 Å². The second-order valence-electron chi connectivity index (χ2n) is 13.1. The van der Waals surface area contributed by atoms with Crippen LogP contribution in [0.25, 0.3) is 0 Å². The zero-order chi connectivity index (χ0) is 34.4. The summed E-state index contributed by atoms with van der Waals surface area (Å²) in [6, 6.07) is 14.7. The number of nitrogen functional groups attached to an aromatic ring is 1. The third kappa shape index (κ3) is 8.32. The highest BCUT2D eigenvalue weighted by atomic mass is 32.2. The summed E-state index contributed by atoms with van der Waals surface area (Å²) in [5.41, 5.74) is 13.1. The van der Waals surface area contributed by atoms with Crippen molar-refractivity contribution in [2.75, 3.05) is 49.6 Å². The molecule has 1 aliphatic carbocycles. The minimum atomic E-state index is -1.57. The molecule has 5 N–H and O–H groups in total. The van der Waals surface area contributed by atoms with Crippen LogP contribution in [0.2, 0.25) is 0 Å². The molecule has 2 amide bonds. The maximum atomic E-state index is 13.4. The van der Waals surface area contributed by atoms with E-state index < -0.39 is 17.1 Å². The summed E-state index contributed by atoms with van der Waals surface area (Å²) in [4.78, 5) is 20.0. The van der Waals surface area contributed by atoms with Crippen LogP contribution in [0.1, 0.15) is 75.5 Å². The topological polar surface area (TPSA) is 155 Å². The number of nitrogens with one attached hydrogen (secondary N) is 3. The third-order valence-corrected chi connectivity index (χ3v) is 8.95. The van der Waals surface area contributed by atoms with Crippen molar-refractivity contribution in [1.29, 1.82) is 5.41 Å². The Labute approximate surface area is 284 Å². The van der Waals surface area contributed by atoms with Gasteiger partial charge in [0.2, 0.25) is 0 Å². The molecule has 13 heteroatoms. The van der Waals surface area contributed by atoms with Crippen LogP contribution in [0.15, 0.2) is 59.7 Å². The fourth-order valence-electron chi connectivity index (χ4n) is 6.04. The minimum Gasteiger partial charge on any atom is -0.492 e. The number of hydrogen-bond donors (Lipinski definition) is 4. The number of nitrogens with zero attached hydrogens (tertiary/aromatic N) is 3. The van der Waals surface area contributed by atoms with Gasteiger partial charge in [0, 0.05) is 18.2 Å². The molecule has 1 aliphatic heterocycles. The van der Waals surface area contributed by atoms with Crippen LogP contribution >= 0.6 is 0 Å². The number of carbonyl (C=O) groups excluding carboxylic acids is 1. The van der Waals surface area contributed by atoms with E-state index >= 15 is 0 Å². The Morgan fingerprint density at radius 1 is 1.12 bits per heavy atom. The van der Waals surface area contributed by atoms with Gasteiger partial charge in [-0.2, -0.15) is 19.3 Å². The number of pyridine rings is 1. The first-order valence-electron chi connectivity index (χ1n) is 16.2. The van der Waals surface area contributed by atoms with Crippen LogP contribution in [0.3, 0.4) is 0 Å². The van der Waals surface area contributed by atoms with E-state index in [1.54, 1.807) is 16.8 Å². The second kappa shape index (κ2) is 15.2. The van der Waals surface area contributed by atoms with Crippen molar-refractivity contribution < 1.29 is 27.3 Å². The molecule has 0 bridgehead atoms. The number of fused-ring (bicyclic) bond motifs is 1. The van der Waals surface area contributed by atoms with Gasteiger partial charge in [-0.15, -0.1) is 0 Å². The molecular formula is C35H46N7O5S+. The molecule has 256 valence electrons. The van der Waals surface area contributed by atoms with E-state index in [1.165, 1.54) is 19.8 Å². The summed E-state index contributed by atoms with van der Waals surface area (Å²) < 4.78 is 30.3. The van der Waals surface area contributed by atoms with E-state index in [2.05, 4.69) is 26.8 Å². The zero-order valence-electron chi connectivity index (χ0n) is 28.3. The van der Waals surface area contributed by atoms with Crippen LogP contribution in [0.5, 0.6) is 11.5 Å². The molecule has 0 radical (unpaired) electrons. The number of aromatic nitrogens is 1. The number of ether oxygens (including phenoxy) is 2. The van der Waals surface area contributed by atoms with Gasteiger partial charge >= 0.3 is 12.0 Å². The zero-order valence-corrected chi connectivity index (χ0v) is 29.1. The van der Waals surface area contributed by atoms with Crippen LogP contribution in [-0.2, 0) is 20.8 Å². The van der Waals surface area contributed by atoms with Crippen LogP contribution in [0.4, 0.5) is 22.0 Å². The van der Waals surface area contributed by atoms with Crippen molar-refractivity contribution in [2.24, 2.45) is 4.99 Å². The number of nitrogens with two attached hydrogens (primary N) is 1. The molecule has 3 aromatic rings. The molecule has 12 nitrogen and oxygen atoms in total. The van der Waals surface area contributed by atoms with E-state index in [4.69, 9.17) is 24.9 Å². The highest BCUT2D eigenvalue weighted by Crippen LogP contribution is 2.39. The predicted molar refractivity (Wildman–Crippen MR) is 190 cm³/mol. The van der Waals surface area contributed by atoms with E-state index in [0.717, 1.165) is 49.0 Å². The van der Waals surface area contributed by atoms with Gasteiger partial charge in [-0.3, -0.25) is 4.90 Å². The molecule has 0 spiro atoms. The fourth-order valence-corrected chi connectivity index (χ4v) is 6.25. The highest BCUT2D eigenvalue weighted by molar-refractivity contribution is 7.79. The number of rotatable bonds is 8. The van der Waals surface area contributed by atoms with E-state index in [-0.39, 0.29) is 11.3 Å². The molecule has 2 unspecified atom stereocenters. The number of anilines is 3. The minimum absolute atomic E-state index is 0.0806. The number of likely N-dealkylation sites (tertiary alicyclic amines) is 1. The van der Waals surface area contributed by atoms with Gasteiger partial charge in [0.1, 0.15) is 17.6 Å².